The van der Waals surface area contributed by atoms with Crippen molar-refractivity contribution in [2.75, 3.05) is 0 Å². The van der Waals surface area contributed by atoms with E-state index in [2.05, 4.69) is 47.6 Å². The molecule has 2 aromatic carbocycles. The minimum Gasteiger partial charge on any atom is -0.344 e. The summed E-state index contributed by atoms with van der Waals surface area (Å²) < 4.78 is 3.21. The van der Waals surface area contributed by atoms with Gasteiger partial charge < -0.3 is 5.32 Å². The van der Waals surface area contributed by atoms with E-state index in [1.807, 2.05) is 16.9 Å². The standard InChI is InChI=1S/C25H25N5O2/c1-15-11-12-17(13-16(15)2)30-22-10-6-9-21(20(22)14-26-30)27-24(31)23-18-7-4-5-8-19(18)25(32)29(3)28-23/h4-5,7-8,11-14,21H,6,9-10H2,1-3H3,(H,27,31). The lowest BCUT2D eigenvalue weighted by molar-refractivity contribution is 0.0927. The first-order valence-electron chi connectivity index (χ1n) is 10.9. The van der Waals surface area contributed by atoms with Gasteiger partial charge in [0.25, 0.3) is 11.5 Å². The van der Waals surface area contributed by atoms with Crippen molar-refractivity contribution in [3.63, 3.8) is 0 Å². The van der Waals surface area contributed by atoms with Gasteiger partial charge in [0.1, 0.15) is 0 Å². The molecule has 7 heteroatoms. The summed E-state index contributed by atoms with van der Waals surface area (Å²) in [5.74, 6) is -0.284. The van der Waals surface area contributed by atoms with Crippen LogP contribution in [0, 0.1) is 13.8 Å². The summed E-state index contributed by atoms with van der Waals surface area (Å²) in [7, 11) is 1.57. The van der Waals surface area contributed by atoms with E-state index in [4.69, 9.17) is 0 Å². The first-order chi connectivity index (χ1) is 15.4. The third-order valence-electron chi connectivity index (χ3n) is 6.39. The molecule has 162 valence electrons. The molecular weight excluding hydrogens is 402 g/mol. The maximum atomic E-state index is 13.2. The van der Waals surface area contributed by atoms with Crippen molar-refractivity contribution in [2.45, 2.75) is 39.2 Å². The van der Waals surface area contributed by atoms with Crippen LogP contribution in [0.5, 0.6) is 0 Å². The largest absolute Gasteiger partial charge is 0.344 e. The van der Waals surface area contributed by atoms with Crippen molar-refractivity contribution in [1.29, 1.82) is 0 Å². The smallest absolute Gasteiger partial charge is 0.274 e. The number of nitrogens with zero attached hydrogens (tertiary/aromatic N) is 4. The zero-order chi connectivity index (χ0) is 22.4. The molecule has 1 amide bonds. The van der Waals surface area contributed by atoms with Gasteiger partial charge in [-0.1, -0.05) is 24.3 Å². The second kappa shape index (κ2) is 7.75. The molecule has 0 aliphatic heterocycles. The molecule has 0 saturated heterocycles. The van der Waals surface area contributed by atoms with Gasteiger partial charge in [-0.05, 0) is 62.4 Å². The molecule has 0 fully saturated rings. The van der Waals surface area contributed by atoms with Gasteiger partial charge in [0.2, 0.25) is 0 Å². The number of aromatic nitrogens is 4. The van der Waals surface area contributed by atoms with Crippen LogP contribution in [0.3, 0.4) is 0 Å². The summed E-state index contributed by atoms with van der Waals surface area (Å²) in [6.45, 7) is 4.20. The van der Waals surface area contributed by atoms with Crippen molar-refractivity contribution >= 4 is 16.7 Å². The number of rotatable bonds is 3. The molecule has 1 atom stereocenters. The monoisotopic (exact) mass is 427 g/mol. The van der Waals surface area contributed by atoms with Gasteiger partial charge in [0, 0.05) is 23.7 Å². The van der Waals surface area contributed by atoms with Crippen LogP contribution in [-0.4, -0.2) is 25.5 Å². The third kappa shape index (κ3) is 3.30. The molecule has 1 aliphatic carbocycles. The second-order valence-corrected chi connectivity index (χ2v) is 8.47. The summed E-state index contributed by atoms with van der Waals surface area (Å²) in [6, 6.07) is 13.3. The number of hydrogen-bond acceptors (Lipinski definition) is 4. The highest BCUT2D eigenvalue weighted by atomic mass is 16.2. The molecule has 1 unspecified atom stereocenters. The number of nitrogens with one attached hydrogen (secondary N) is 1. The lowest BCUT2D eigenvalue weighted by Gasteiger charge is -2.24. The van der Waals surface area contributed by atoms with Gasteiger partial charge >= 0.3 is 0 Å². The maximum absolute atomic E-state index is 13.2. The summed E-state index contributed by atoms with van der Waals surface area (Å²) in [4.78, 5) is 25.6. The third-order valence-corrected chi connectivity index (χ3v) is 6.39. The molecule has 0 radical (unpaired) electrons. The first kappa shape index (κ1) is 20.2. The van der Waals surface area contributed by atoms with E-state index in [9.17, 15) is 9.59 Å². The number of carbonyl (C=O) groups excluding carboxylic acids is 1. The summed E-state index contributed by atoms with van der Waals surface area (Å²) in [5.41, 5.74) is 5.71. The van der Waals surface area contributed by atoms with E-state index in [1.54, 1.807) is 25.2 Å². The molecule has 5 rings (SSSR count). The minimum absolute atomic E-state index is 0.149. The number of amides is 1. The van der Waals surface area contributed by atoms with Crippen molar-refractivity contribution < 1.29 is 4.79 Å². The highest BCUT2D eigenvalue weighted by molar-refractivity contribution is 6.04. The van der Waals surface area contributed by atoms with Gasteiger partial charge in [0.15, 0.2) is 5.69 Å². The predicted octanol–water partition coefficient (Wildman–Crippen LogP) is 3.54. The topological polar surface area (TPSA) is 81.8 Å². The van der Waals surface area contributed by atoms with Crippen LogP contribution in [0.25, 0.3) is 16.5 Å². The highest BCUT2D eigenvalue weighted by Crippen LogP contribution is 2.32. The fourth-order valence-electron chi connectivity index (χ4n) is 4.48. The molecule has 1 aliphatic rings. The lowest BCUT2D eigenvalue weighted by atomic mass is 9.92. The zero-order valence-corrected chi connectivity index (χ0v) is 18.4. The summed E-state index contributed by atoms with van der Waals surface area (Å²) >= 11 is 0. The molecule has 0 spiro atoms. The van der Waals surface area contributed by atoms with Crippen molar-refractivity contribution in [2.24, 2.45) is 7.05 Å². The van der Waals surface area contributed by atoms with E-state index in [-0.39, 0.29) is 23.2 Å². The molecular formula is C25H25N5O2. The van der Waals surface area contributed by atoms with Crippen molar-refractivity contribution in [1.82, 2.24) is 24.9 Å². The number of fused-ring (bicyclic) bond motifs is 2. The Bertz CT molecular complexity index is 1420. The Morgan fingerprint density at radius 3 is 2.66 bits per heavy atom. The van der Waals surface area contributed by atoms with E-state index in [0.29, 0.717) is 10.8 Å². The molecule has 0 saturated carbocycles. The lowest BCUT2D eigenvalue weighted by Crippen LogP contribution is -2.33. The Morgan fingerprint density at radius 2 is 1.88 bits per heavy atom. The number of benzene rings is 2. The Labute approximate surface area is 185 Å². The van der Waals surface area contributed by atoms with Crippen LogP contribution >= 0.6 is 0 Å². The fourth-order valence-corrected chi connectivity index (χ4v) is 4.48. The van der Waals surface area contributed by atoms with Crippen LogP contribution in [0.15, 0.2) is 53.5 Å². The summed E-state index contributed by atoms with van der Waals surface area (Å²) in [6.07, 6.45) is 4.56. The van der Waals surface area contributed by atoms with Gasteiger partial charge in [0.05, 0.1) is 23.3 Å². The molecule has 4 aromatic rings. The minimum atomic E-state index is -0.284. The Hall–Kier alpha value is -3.74. The molecule has 2 aromatic heterocycles. The number of carbonyl (C=O) groups is 1. The van der Waals surface area contributed by atoms with Crippen molar-refractivity contribution in [3.05, 3.63) is 87.1 Å². The number of hydrogen-bond donors (Lipinski definition) is 1. The van der Waals surface area contributed by atoms with Crippen molar-refractivity contribution in [3.8, 4) is 5.69 Å². The quantitative estimate of drug-likeness (QED) is 0.542. The van der Waals surface area contributed by atoms with Crippen LogP contribution in [0.2, 0.25) is 0 Å². The van der Waals surface area contributed by atoms with Gasteiger partial charge in [-0.15, -0.1) is 0 Å². The highest BCUT2D eigenvalue weighted by Gasteiger charge is 2.27. The molecule has 0 bridgehead atoms. The van der Waals surface area contributed by atoms with Crippen LogP contribution in [0.4, 0.5) is 0 Å². The Morgan fingerprint density at radius 1 is 1.09 bits per heavy atom. The fraction of sp³-hybridized carbons (Fsp3) is 0.280. The number of aryl methyl sites for hydroxylation is 3. The Balaban J connectivity index is 1.49. The molecule has 7 nitrogen and oxygen atoms in total. The summed E-state index contributed by atoms with van der Waals surface area (Å²) in [5, 5.41) is 13.1. The zero-order valence-electron chi connectivity index (χ0n) is 18.4. The van der Waals surface area contributed by atoms with Crippen LogP contribution in [-0.2, 0) is 13.5 Å². The predicted molar refractivity (Wildman–Crippen MR) is 123 cm³/mol. The van der Waals surface area contributed by atoms with Gasteiger partial charge in [-0.3, -0.25) is 9.59 Å². The first-order valence-corrected chi connectivity index (χ1v) is 10.9. The van der Waals surface area contributed by atoms with E-state index >= 15 is 0 Å². The molecule has 32 heavy (non-hydrogen) atoms. The average molecular weight is 428 g/mol. The second-order valence-electron chi connectivity index (χ2n) is 8.47. The van der Waals surface area contributed by atoms with Gasteiger partial charge in [-0.25, -0.2) is 9.36 Å². The molecule has 2 heterocycles. The normalized spacial score (nSPS) is 15.5. The van der Waals surface area contributed by atoms with Gasteiger partial charge in [-0.2, -0.15) is 10.2 Å². The van der Waals surface area contributed by atoms with E-state index < -0.39 is 0 Å². The maximum Gasteiger partial charge on any atom is 0.274 e. The Kier molecular flexibility index (Phi) is 4.89. The van der Waals surface area contributed by atoms with Crippen LogP contribution < -0.4 is 10.9 Å². The SMILES string of the molecule is Cc1ccc(-n2ncc3c2CCCC3NC(=O)c2nn(C)c(=O)c3ccccc23)cc1C. The van der Waals surface area contributed by atoms with Crippen LogP contribution in [0.1, 0.15) is 51.8 Å². The van der Waals surface area contributed by atoms with E-state index in [1.165, 1.54) is 15.8 Å². The van der Waals surface area contributed by atoms with E-state index in [0.717, 1.165) is 36.2 Å². The average Bonchev–Trinajstić information content (AvgIpc) is 3.23. The molecule has 1 N–H and O–H groups in total.